The lowest BCUT2D eigenvalue weighted by Gasteiger charge is -2.47. The van der Waals surface area contributed by atoms with Crippen LogP contribution in [0.5, 0.6) is 5.75 Å². The highest BCUT2D eigenvalue weighted by atomic mass is 32.1. The van der Waals surface area contributed by atoms with Gasteiger partial charge in [0.05, 0.1) is 61.9 Å². The number of aldehydes is 1. The predicted molar refractivity (Wildman–Crippen MR) is 274 cm³/mol. The number of nitrogens with zero attached hydrogens (tertiary/aromatic N) is 6. The fourth-order valence-corrected chi connectivity index (χ4v) is 10.6. The minimum atomic E-state index is -1.42. The van der Waals surface area contributed by atoms with Crippen molar-refractivity contribution in [3.05, 3.63) is 65.3 Å². The summed E-state index contributed by atoms with van der Waals surface area (Å²) in [6, 6.07) is 6.80. The zero-order valence-electron chi connectivity index (χ0n) is 44.5. The van der Waals surface area contributed by atoms with E-state index in [0.717, 1.165) is 23.3 Å². The summed E-state index contributed by atoms with van der Waals surface area (Å²) in [7, 11) is 4.70. The van der Waals surface area contributed by atoms with Gasteiger partial charge in [-0.05, 0) is 88.5 Å². The standard InChI is InChI=1S/C53H78N6O15S/c1-10-43-37(28-70-53-51(68-9)50(67-8)47(65)34(6)72-53)24-30(2)12-17-41(61)31(3)25-36(19-22-60)49(32(4)42(62)26-44(63)73-43)74-52-48(66)45(46(64)33(5)71-52)58(7)21-18-38-27-59(56-54-38)20-11-23-69-39-15-13-35(14-16-39)40-29-75-57-55-40/h12-17,22,24,27,29,31-34,36-37,42-43,45-53,62,64-66H,10-11,18-21,23,25-26,28H2,1-9H3/t31-,32+,33?,34?,36+,37-,42-,43-,45?,46?,47?,48?,49-,50?,51?,52?,53?/m1/s1. The molecule has 21 nitrogen and oxygen atoms in total. The third kappa shape index (κ3) is 16.1. The first-order valence-electron chi connectivity index (χ1n) is 25.9. The van der Waals surface area contributed by atoms with Gasteiger partial charge in [-0.2, -0.15) is 0 Å². The Morgan fingerprint density at radius 3 is 2.32 bits per heavy atom. The average molecular weight is 1070 g/mol. The molecule has 0 bridgehead atoms. The molecule has 0 aliphatic carbocycles. The van der Waals surface area contributed by atoms with E-state index in [9.17, 15) is 34.8 Å². The van der Waals surface area contributed by atoms with Crippen LogP contribution in [0.25, 0.3) is 11.3 Å². The van der Waals surface area contributed by atoms with Crippen LogP contribution >= 0.6 is 11.5 Å². The number of aliphatic hydroxyl groups excluding tert-OH is 4. The Morgan fingerprint density at radius 2 is 1.64 bits per heavy atom. The van der Waals surface area contributed by atoms with Gasteiger partial charge < -0.3 is 63.1 Å². The monoisotopic (exact) mass is 1070 g/mol. The number of carbonyl (C=O) groups excluding carboxylic acids is 3. The van der Waals surface area contributed by atoms with Crippen LogP contribution in [0, 0.1) is 23.7 Å². The molecule has 3 aliphatic heterocycles. The number of hydrogen-bond donors (Lipinski definition) is 4. The van der Waals surface area contributed by atoms with Crippen LogP contribution in [-0.4, -0.2) is 189 Å². The summed E-state index contributed by atoms with van der Waals surface area (Å²) in [6.07, 6.45) is -3.24. The van der Waals surface area contributed by atoms with Gasteiger partial charge in [0.25, 0.3) is 0 Å². The maximum Gasteiger partial charge on any atom is 0.308 e. The molecule has 0 amide bonds. The molecule has 3 aromatic rings. The number of likely N-dealkylation sites (N-methyl/N-ethyl adjacent to an activating group) is 1. The summed E-state index contributed by atoms with van der Waals surface area (Å²) >= 11 is 1.30. The minimum absolute atomic E-state index is 0.0101. The van der Waals surface area contributed by atoms with E-state index in [1.165, 1.54) is 31.8 Å². The second-order valence-corrected chi connectivity index (χ2v) is 20.7. The fourth-order valence-electron chi connectivity index (χ4n) is 10.1. The number of ketones is 1. The number of allylic oxidation sites excluding steroid dienone is 3. The van der Waals surface area contributed by atoms with Crippen LogP contribution in [-0.2, 0) is 60.5 Å². The van der Waals surface area contributed by atoms with Gasteiger partial charge >= 0.3 is 5.97 Å². The van der Waals surface area contributed by atoms with E-state index in [0.29, 0.717) is 50.2 Å². The van der Waals surface area contributed by atoms with Gasteiger partial charge in [-0.25, -0.2) is 0 Å². The molecular weight excluding hydrogens is 993 g/mol. The number of ether oxygens (including phenoxy) is 8. The summed E-state index contributed by atoms with van der Waals surface area (Å²) < 4.78 is 53.9. The van der Waals surface area contributed by atoms with Crippen molar-refractivity contribution in [2.45, 2.75) is 166 Å². The van der Waals surface area contributed by atoms with Gasteiger partial charge in [0.2, 0.25) is 0 Å². The molecule has 6 rings (SSSR count). The Kier molecular flexibility index (Phi) is 23.0. The van der Waals surface area contributed by atoms with Gasteiger partial charge in [0.15, 0.2) is 18.4 Å². The highest BCUT2D eigenvalue weighted by Crippen LogP contribution is 2.35. The number of aromatic nitrogens is 5. The van der Waals surface area contributed by atoms with E-state index in [1.54, 1.807) is 45.5 Å². The van der Waals surface area contributed by atoms with Crippen molar-refractivity contribution in [2.24, 2.45) is 23.7 Å². The first kappa shape index (κ1) is 59.8. The highest BCUT2D eigenvalue weighted by molar-refractivity contribution is 7.03. The molecule has 2 fully saturated rings. The molecule has 416 valence electrons. The molecule has 10 unspecified atom stereocenters. The van der Waals surface area contributed by atoms with Crippen LogP contribution in [0.4, 0.5) is 0 Å². The predicted octanol–water partition coefficient (Wildman–Crippen LogP) is 3.75. The van der Waals surface area contributed by atoms with Crippen molar-refractivity contribution in [3.8, 4) is 17.0 Å². The zero-order valence-corrected chi connectivity index (χ0v) is 45.3. The summed E-state index contributed by atoms with van der Waals surface area (Å²) in [5.41, 5.74) is 3.18. The lowest BCUT2D eigenvalue weighted by atomic mass is 9.79. The van der Waals surface area contributed by atoms with E-state index in [4.69, 9.17) is 37.9 Å². The second kappa shape index (κ2) is 28.8. The van der Waals surface area contributed by atoms with Crippen LogP contribution < -0.4 is 4.74 Å². The van der Waals surface area contributed by atoms with Crippen molar-refractivity contribution in [2.75, 3.05) is 41.0 Å². The molecule has 0 saturated carbocycles. The Morgan fingerprint density at radius 1 is 0.920 bits per heavy atom. The van der Waals surface area contributed by atoms with E-state index in [1.807, 2.05) is 60.7 Å². The van der Waals surface area contributed by atoms with Crippen LogP contribution in [0.3, 0.4) is 0 Å². The maximum absolute atomic E-state index is 13.8. The van der Waals surface area contributed by atoms with E-state index >= 15 is 0 Å². The van der Waals surface area contributed by atoms with Crippen LogP contribution in [0.2, 0.25) is 0 Å². The van der Waals surface area contributed by atoms with Crippen LogP contribution in [0.15, 0.2) is 59.6 Å². The molecule has 17 atom stereocenters. The molecule has 5 heterocycles. The number of esters is 1. The first-order chi connectivity index (χ1) is 36.0. The third-order valence-corrected chi connectivity index (χ3v) is 15.1. The Hall–Kier alpha value is -4.43. The quantitative estimate of drug-likeness (QED) is 0.0713. The number of rotatable bonds is 20. The molecular formula is C53H78N6O15S. The zero-order chi connectivity index (χ0) is 54.3. The van der Waals surface area contributed by atoms with Gasteiger partial charge in [0, 0.05) is 81.5 Å². The van der Waals surface area contributed by atoms with E-state index in [-0.39, 0.29) is 25.2 Å². The number of benzene rings is 1. The van der Waals surface area contributed by atoms with Gasteiger partial charge in [-0.1, -0.05) is 48.2 Å². The van der Waals surface area contributed by atoms with Gasteiger partial charge in [-0.3, -0.25) is 19.2 Å². The second-order valence-electron chi connectivity index (χ2n) is 20.1. The molecule has 2 saturated heterocycles. The Bertz CT molecular complexity index is 2290. The number of hydrogen-bond acceptors (Lipinski definition) is 21. The molecule has 0 spiro atoms. The molecule has 4 N–H and O–H groups in total. The van der Waals surface area contributed by atoms with Gasteiger partial charge in [-0.15, -0.1) is 10.2 Å². The topological polar surface area (TPSA) is 266 Å². The number of aliphatic hydroxyl groups is 4. The van der Waals surface area contributed by atoms with Crippen molar-refractivity contribution < 1.29 is 72.7 Å². The highest BCUT2D eigenvalue weighted by Gasteiger charge is 2.48. The van der Waals surface area contributed by atoms with E-state index < -0.39 is 116 Å². The van der Waals surface area contributed by atoms with E-state index in [2.05, 4.69) is 19.9 Å². The fraction of sp³-hybridized carbons (Fsp3) is 0.679. The average Bonchev–Trinajstić information content (AvgIpc) is 4.11. The van der Waals surface area contributed by atoms with Gasteiger partial charge in [0.1, 0.15) is 48.2 Å². The lowest BCUT2D eigenvalue weighted by molar-refractivity contribution is -0.305. The normalized spacial score (nSPS) is 33.5. The largest absolute Gasteiger partial charge is 0.494 e. The van der Waals surface area contributed by atoms with Crippen LogP contribution in [0.1, 0.15) is 79.3 Å². The summed E-state index contributed by atoms with van der Waals surface area (Å²) in [5.74, 6) is -2.88. The molecule has 75 heavy (non-hydrogen) atoms. The minimum Gasteiger partial charge on any atom is -0.494 e. The molecule has 22 heteroatoms. The Balaban J connectivity index is 1.11. The maximum atomic E-state index is 13.8. The third-order valence-electron chi connectivity index (χ3n) is 14.6. The number of carbonyl (C=O) groups is 3. The van der Waals surface area contributed by atoms with Crippen molar-refractivity contribution in [1.29, 1.82) is 0 Å². The summed E-state index contributed by atoms with van der Waals surface area (Å²) in [5, 5.41) is 60.7. The SMILES string of the molecule is CC[C@H]1OC(=O)C[C@@H](O)[C@H](C)[C@@H](OC2OC(C)C(O)C(N(C)CCc3cn(CCCOc4ccc(-c5csnn5)cc4)nn3)C2O)[C@@H](CC=O)C[C@@H](C)C(=O)C=CC(C)=C[C@@H]1COC1OC(C)C(O)C(OC)C1OC. The molecule has 3 aliphatic rings. The molecule has 1 aromatic carbocycles. The summed E-state index contributed by atoms with van der Waals surface area (Å²) in [4.78, 5) is 41.8. The Labute approximate surface area is 443 Å². The smallest absolute Gasteiger partial charge is 0.308 e. The number of aryl methyl sites for hydroxylation is 1. The number of methoxy groups -OCH3 is 2. The van der Waals surface area contributed by atoms with Crippen molar-refractivity contribution in [1.82, 2.24) is 29.5 Å². The lowest BCUT2D eigenvalue weighted by Crippen LogP contribution is -2.64. The molecule has 2 aromatic heterocycles. The number of cyclic esters (lactones) is 1. The summed E-state index contributed by atoms with van der Waals surface area (Å²) in [6.45, 7) is 11.9. The first-order valence-corrected chi connectivity index (χ1v) is 26.8. The molecule has 0 radical (unpaired) electrons. The van der Waals surface area contributed by atoms with Crippen molar-refractivity contribution in [3.63, 3.8) is 0 Å². The van der Waals surface area contributed by atoms with Crippen molar-refractivity contribution >= 4 is 29.6 Å².